The minimum absolute atomic E-state index is 0.0531. The first-order valence-corrected chi connectivity index (χ1v) is 10.1. The zero-order chi connectivity index (χ0) is 21.6. The number of esters is 1. The highest BCUT2D eigenvalue weighted by Gasteiger charge is 2.22. The Morgan fingerprint density at radius 3 is 2.76 bits per heavy atom. The van der Waals surface area contributed by atoms with E-state index < -0.39 is 32.1 Å². The molecule has 0 aliphatic carbocycles. The van der Waals surface area contributed by atoms with Gasteiger partial charge in [-0.15, -0.1) is 10.1 Å². The van der Waals surface area contributed by atoms with Crippen molar-refractivity contribution < 1.29 is 32.3 Å². The lowest BCUT2D eigenvalue weighted by molar-refractivity contribution is -0.767. The fraction of sp³-hybridized carbons (Fsp3) is 0.312. The van der Waals surface area contributed by atoms with E-state index in [2.05, 4.69) is 10.2 Å². The van der Waals surface area contributed by atoms with Crippen LogP contribution in [-0.2, 0) is 26.1 Å². The number of nitrogens with zero attached hydrogens (tertiary/aromatic N) is 1. The quantitative estimate of drug-likeness (QED) is 0.316. The Balaban J connectivity index is 2.21. The highest BCUT2D eigenvalue weighted by Crippen LogP contribution is 2.29. The van der Waals surface area contributed by atoms with Gasteiger partial charge >= 0.3 is 5.97 Å². The molecule has 1 aromatic heterocycles. The van der Waals surface area contributed by atoms with Crippen molar-refractivity contribution in [2.75, 3.05) is 11.9 Å². The van der Waals surface area contributed by atoms with E-state index in [0.717, 1.165) is 6.07 Å². The number of benzene rings is 1. The number of primary sulfonamides is 1. The summed E-state index contributed by atoms with van der Waals surface area (Å²) in [6, 6.07) is 5.61. The molecule has 13 heteroatoms. The molecule has 0 fully saturated rings. The Bertz CT molecular complexity index is 978. The van der Waals surface area contributed by atoms with Gasteiger partial charge in [-0.05, 0) is 31.2 Å². The first kappa shape index (κ1) is 22.5. The van der Waals surface area contributed by atoms with Crippen LogP contribution in [0.25, 0.3) is 0 Å². The summed E-state index contributed by atoms with van der Waals surface area (Å²) in [5, 5.41) is 17.2. The Kier molecular flexibility index (Phi) is 7.42. The number of nitrogens with one attached hydrogen (secondary N) is 1. The van der Waals surface area contributed by atoms with Crippen LogP contribution in [0.2, 0.25) is 5.02 Å². The largest absolute Gasteiger partial charge is 0.467 e. The van der Waals surface area contributed by atoms with Gasteiger partial charge in [0.15, 0.2) is 0 Å². The van der Waals surface area contributed by atoms with Crippen LogP contribution in [0.1, 0.15) is 29.5 Å². The fourth-order valence-electron chi connectivity index (χ4n) is 2.28. The van der Waals surface area contributed by atoms with E-state index in [4.69, 9.17) is 25.9 Å². The standard InChI is InChI=1S/C16H18ClN3O8S/c1-10(28-20(22)23)4-6-27-16(21)12-7-15(29(18,24)25)13(17)8-14(12)19-9-11-3-2-5-26-11/h2-3,5,7-8,10,19H,4,6,9H2,1H3,(H2,18,24,25). The van der Waals surface area contributed by atoms with E-state index >= 15 is 0 Å². The Morgan fingerprint density at radius 2 is 2.17 bits per heavy atom. The third-order valence-corrected chi connectivity index (χ3v) is 5.03. The Hall–Kier alpha value is -2.83. The molecule has 0 aliphatic rings. The van der Waals surface area contributed by atoms with Gasteiger partial charge in [-0.25, -0.2) is 18.4 Å². The van der Waals surface area contributed by atoms with Crippen LogP contribution in [0, 0.1) is 10.1 Å². The number of nitrogens with two attached hydrogens (primary N) is 1. The Labute approximate surface area is 170 Å². The maximum Gasteiger partial charge on any atom is 0.340 e. The van der Waals surface area contributed by atoms with E-state index in [1.807, 2.05) is 0 Å². The van der Waals surface area contributed by atoms with E-state index in [-0.39, 0.29) is 35.8 Å². The van der Waals surface area contributed by atoms with Crippen molar-refractivity contribution >= 4 is 33.3 Å². The molecule has 2 aromatic rings. The van der Waals surface area contributed by atoms with Crippen molar-refractivity contribution in [2.24, 2.45) is 5.14 Å². The molecule has 1 aromatic carbocycles. The van der Waals surface area contributed by atoms with Gasteiger partial charge in [0.2, 0.25) is 10.0 Å². The minimum Gasteiger partial charge on any atom is -0.467 e. The lowest BCUT2D eigenvalue weighted by atomic mass is 10.1. The summed E-state index contributed by atoms with van der Waals surface area (Å²) in [4.78, 5) is 26.6. The van der Waals surface area contributed by atoms with E-state index in [1.54, 1.807) is 12.1 Å². The number of rotatable bonds is 10. The molecule has 0 saturated carbocycles. The normalized spacial score (nSPS) is 12.2. The topological polar surface area (TPSA) is 164 Å². The van der Waals surface area contributed by atoms with Crippen LogP contribution >= 0.6 is 11.6 Å². The number of sulfonamides is 1. The van der Waals surface area contributed by atoms with Gasteiger partial charge in [-0.2, -0.15) is 0 Å². The first-order valence-electron chi connectivity index (χ1n) is 8.19. The van der Waals surface area contributed by atoms with Crippen molar-refractivity contribution in [3.63, 3.8) is 0 Å². The maximum absolute atomic E-state index is 12.5. The summed E-state index contributed by atoms with van der Waals surface area (Å²) in [6.07, 6.45) is 0.731. The number of halogens is 1. The van der Waals surface area contributed by atoms with Gasteiger partial charge in [0, 0.05) is 6.42 Å². The molecule has 0 bridgehead atoms. The van der Waals surface area contributed by atoms with Gasteiger partial charge < -0.3 is 19.3 Å². The molecule has 0 amide bonds. The average Bonchev–Trinajstić information content (AvgIpc) is 3.11. The minimum atomic E-state index is -4.19. The third kappa shape index (κ3) is 6.62. The summed E-state index contributed by atoms with van der Waals surface area (Å²) in [7, 11) is -4.19. The number of hydrogen-bond acceptors (Lipinski definition) is 9. The predicted octanol–water partition coefficient (Wildman–Crippen LogP) is 2.34. The van der Waals surface area contributed by atoms with Crippen molar-refractivity contribution in [2.45, 2.75) is 30.9 Å². The average molecular weight is 448 g/mol. The van der Waals surface area contributed by atoms with Crippen LogP contribution in [0.15, 0.2) is 39.8 Å². The van der Waals surface area contributed by atoms with Crippen LogP contribution in [-0.4, -0.2) is 32.2 Å². The second-order valence-electron chi connectivity index (χ2n) is 5.87. The van der Waals surface area contributed by atoms with Crippen LogP contribution in [0.3, 0.4) is 0 Å². The molecule has 29 heavy (non-hydrogen) atoms. The smallest absolute Gasteiger partial charge is 0.340 e. The molecule has 1 atom stereocenters. The molecule has 11 nitrogen and oxygen atoms in total. The molecule has 0 aliphatic heterocycles. The van der Waals surface area contributed by atoms with Crippen molar-refractivity contribution in [3.05, 3.63) is 57.0 Å². The molecule has 0 spiro atoms. The summed E-state index contributed by atoms with van der Waals surface area (Å²) in [6.45, 7) is 1.43. The summed E-state index contributed by atoms with van der Waals surface area (Å²) < 4.78 is 33.7. The lowest BCUT2D eigenvalue weighted by Crippen LogP contribution is -2.19. The summed E-state index contributed by atoms with van der Waals surface area (Å²) in [5.41, 5.74) is 0.0613. The predicted molar refractivity (Wildman–Crippen MR) is 101 cm³/mol. The second kappa shape index (κ2) is 9.58. The summed E-state index contributed by atoms with van der Waals surface area (Å²) in [5.74, 6) is -0.316. The lowest BCUT2D eigenvalue weighted by Gasteiger charge is -2.14. The van der Waals surface area contributed by atoms with Crippen LogP contribution < -0.4 is 10.5 Å². The molecule has 0 radical (unpaired) electrons. The molecular weight excluding hydrogens is 430 g/mol. The second-order valence-corrected chi connectivity index (χ2v) is 7.81. The number of carbonyl (C=O) groups is 1. The molecule has 1 heterocycles. The third-order valence-electron chi connectivity index (χ3n) is 3.66. The number of carbonyl (C=O) groups excluding carboxylic acids is 1. The van der Waals surface area contributed by atoms with Gasteiger partial charge in [0.1, 0.15) is 16.8 Å². The highest BCUT2D eigenvalue weighted by molar-refractivity contribution is 7.89. The Morgan fingerprint density at radius 1 is 1.45 bits per heavy atom. The van der Waals surface area contributed by atoms with Crippen molar-refractivity contribution in [1.82, 2.24) is 0 Å². The number of hydrogen-bond donors (Lipinski definition) is 2. The van der Waals surface area contributed by atoms with Gasteiger partial charge in [-0.3, -0.25) is 0 Å². The van der Waals surface area contributed by atoms with E-state index in [1.165, 1.54) is 19.3 Å². The molecule has 158 valence electrons. The maximum atomic E-state index is 12.5. The molecule has 0 saturated heterocycles. The number of furan rings is 1. The van der Waals surface area contributed by atoms with Crippen LogP contribution in [0.4, 0.5) is 5.69 Å². The van der Waals surface area contributed by atoms with Crippen molar-refractivity contribution in [3.8, 4) is 0 Å². The number of ether oxygens (including phenoxy) is 1. The van der Waals surface area contributed by atoms with Crippen molar-refractivity contribution in [1.29, 1.82) is 0 Å². The first-order chi connectivity index (χ1) is 13.6. The highest BCUT2D eigenvalue weighted by atomic mass is 35.5. The monoisotopic (exact) mass is 447 g/mol. The van der Waals surface area contributed by atoms with Crippen LogP contribution in [0.5, 0.6) is 0 Å². The van der Waals surface area contributed by atoms with Gasteiger partial charge in [0.05, 0.1) is 35.7 Å². The fourth-order valence-corrected chi connectivity index (χ4v) is 3.38. The van der Waals surface area contributed by atoms with Gasteiger partial charge in [-0.1, -0.05) is 11.6 Å². The van der Waals surface area contributed by atoms with Gasteiger partial charge in [0.25, 0.3) is 5.09 Å². The number of anilines is 1. The molecule has 2 rings (SSSR count). The van der Waals surface area contributed by atoms with E-state index in [0.29, 0.717) is 5.76 Å². The molecule has 1 unspecified atom stereocenters. The summed E-state index contributed by atoms with van der Waals surface area (Å²) >= 11 is 5.99. The zero-order valence-electron chi connectivity index (χ0n) is 15.2. The zero-order valence-corrected chi connectivity index (χ0v) is 16.7. The van der Waals surface area contributed by atoms with E-state index in [9.17, 15) is 23.3 Å². The molecule has 3 N–H and O–H groups in total. The SMILES string of the molecule is CC(CCOC(=O)c1cc(S(N)(=O)=O)c(Cl)cc1NCc1ccco1)O[N+](=O)[O-]. The molecular formula is C16H18ClN3O8S.